The quantitative estimate of drug-likeness (QED) is 0.191. The van der Waals surface area contributed by atoms with E-state index in [1.165, 1.54) is 6.92 Å². The van der Waals surface area contributed by atoms with Gasteiger partial charge in [0, 0.05) is 0 Å². The van der Waals surface area contributed by atoms with E-state index in [0.29, 0.717) is 10.8 Å². The monoisotopic (exact) mass is 264 g/mol. The zero-order chi connectivity index (χ0) is 14.6. The summed E-state index contributed by atoms with van der Waals surface area (Å²) in [6, 6.07) is 0. The molecular formula is C10H8N4O5-2. The molecule has 0 aliphatic rings. The molecule has 0 aromatic carbocycles. The fraction of sp³-hybridized carbons (Fsp3) is 0.100. The minimum absolute atomic E-state index is 0.115. The van der Waals surface area contributed by atoms with Crippen LogP contribution < -0.4 is 21.6 Å². The number of nitrogens with two attached hydrogens (primary N) is 1. The third-order valence-corrected chi connectivity index (χ3v) is 1.99. The largest absolute Gasteiger partial charge is 0.871 e. The fourth-order valence-corrected chi connectivity index (χ4v) is 0.999. The summed E-state index contributed by atoms with van der Waals surface area (Å²) in [6.07, 6.45) is 2.26. The second-order valence-corrected chi connectivity index (χ2v) is 3.31. The molecule has 0 radical (unpaired) electrons. The minimum Gasteiger partial charge on any atom is -0.871 e. The molecule has 9 nitrogen and oxygen atoms in total. The summed E-state index contributed by atoms with van der Waals surface area (Å²) in [5, 5.41) is 28.5. The van der Waals surface area contributed by atoms with E-state index in [4.69, 9.17) is 5.84 Å². The molecule has 19 heavy (non-hydrogen) atoms. The van der Waals surface area contributed by atoms with Crippen LogP contribution in [0.25, 0.3) is 5.76 Å². The maximum Gasteiger partial charge on any atom is 0.297 e. The number of hydrogen-bond donors (Lipinski definition) is 1. The van der Waals surface area contributed by atoms with Crippen LogP contribution in [0.1, 0.15) is 11.5 Å². The van der Waals surface area contributed by atoms with Crippen molar-refractivity contribution in [1.82, 2.24) is 14.9 Å². The highest BCUT2D eigenvalue weighted by atomic mass is 16.4. The number of nitrogen functional groups attached to an aromatic ring is 1. The minimum atomic E-state index is -1.91. The number of carbonyl (C=O) groups is 2. The van der Waals surface area contributed by atoms with Gasteiger partial charge in [-0.1, -0.05) is 17.9 Å². The Kier molecular flexibility index (Phi) is 4.14. The van der Waals surface area contributed by atoms with Crippen molar-refractivity contribution in [3.8, 4) is 0 Å². The molecule has 0 saturated heterocycles. The molecule has 1 heterocycles. The molecule has 9 heteroatoms. The fourth-order valence-electron chi connectivity index (χ4n) is 0.999. The Bertz CT molecular complexity index is 644. The molecule has 0 aliphatic carbocycles. The topological polar surface area (TPSA) is 154 Å². The zero-order valence-corrected chi connectivity index (χ0v) is 9.69. The van der Waals surface area contributed by atoms with Crippen molar-refractivity contribution in [3.63, 3.8) is 0 Å². The second kappa shape index (κ2) is 5.58. The molecular weight excluding hydrogens is 256 g/mol. The molecule has 100 valence electrons. The van der Waals surface area contributed by atoms with Crippen molar-refractivity contribution in [2.24, 2.45) is 0 Å². The summed E-state index contributed by atoms with van der Waals surface area (Å²) in [4.78, 5) is 32.2. The third kappa shape index (κ3) is 3.25. The molecule has 0 spiro atoms. The van der Waals surface area contributed by atoms with Gasteiger partial charge in [0.1, 0.15) is 11.7 Å². The number of allylic oxidation sites excluding steroid dienone is 2. The molecule has 1 aromatic rings. The molecule has 0 bridgehead atoms. The Morgan fingerprint density at radius 3 is 2.53 bits per heavy atom. The third-order valence-electron chi connectivity index (χ3n) is 1.99. The van der Waals surface area contributed by atoms with Gasteiger partial charge in [0.15, 0.2) is 5.82 Å². The van der Waals surface area contributed by atoms with Crippen LogP contribution in [0.5, 0.6) is 0 Å². The van der Waals surface area contributed by atoms with Crippen LogP contribution in [-0.4, -0.2) is 26.6 Å². The number of aromatic nitrogens is 3. The maximum atomic E-state index is 11.5. The number of hydrogen-bond acceptors (Lipinski definition) is 8. The van der Waals surface area contributed by atoms with E-state index in [1.807, 2.05) is 0 Å². The first-order chi connectivity index (χ1) is 8.84. The molecule has 0 fully saturated rings. The van der Waals surface area contributed by atoms with E-state index in [0.717, 1.165) is 12.2 Å². The van der Waals surface area contributed by atoms with Crippen LogP contribution in [0.3, 0.4) is 0 Å². The molecule has 0 amide bonds. The summed E-state index contributed by atoms with van der Waals surface area (Å²) in [5.74, 6) is 1.35. The Morgan fingerprint density at radius 1 is 1.32 bits per heavy atom. The molecule has 0 aliphatic heterocycles. The van der Waals surface area contributed by atoms with Crippen molar-refractivity contribution >= 4 is 17.5 Å². The van der Waals surface area contributed by atoms with Crippen LogP contribution >= 0.6 is 0 Å². The van der Waals surface area contributed by atoms with Gasteiger partial charge < -0.3 is 20.9 Å². The zero-order valence-electron chi connectivity index (χ0n) is 9.69. The van der Waals surface area contributed by atoms with Crippen molar-refractivity contribution in [2.45, 2.75) is 6.92 Å². The van der Waals surface area contributed by atoms with E-state index in [2.05, 4.69) is 10.2 Å². The highest BCUT2D eigenvalue weighted by Gasteiger charge is 2.05. The molecule has 1 aromatic heterocycles. The number of aryl methyl sites for hydroxylation is 1. The van der Waals surface area contributed by atoms with Crippen LogP contribution in [0, 0.1) is 6.92 Å². The Balaban J connectivity index is 3.05. The van der Waals surface area contributed by atoms with E-state index in [-0.39, 0.29) is 5.82 Å². The lowest BCUT2D eigenvalue weighted by atomic mass is 10.3. The first-order valence-electron chi connectivity index (χ1n) is 4.87. The molecule has 0 unspecified atom stereocenters. The number of rotatable bonds is 4. The lowest BCUT2D eigenvalue weighted by Gasteiger charge is -2.10. The average Bonchev–Trinajstić information content (AvgIpc) is 2.35. The van der Waals surface area contributed by atoms with E-state index in [9.17, 15) is 24.6 Å². The first kappa shape index (κ1) is 14.1. The number of carbonyl (C=O) groups excluding carboxylic acids is 2. The lowest BCUT2D eigenvalue weighted by Crippen LogP contribution is -2.35. The average molecular weight is 264 g/mol. The van der Waals surface area contributed by atoms with Gasteiger partial charge in [0.05, 0.1) is 0 Å². The van der Waals surface area contributed by atoms with Crippen molar-refractivity contribution in [1.29, 1.82) is 0 Å². The van der Waals surface area contributed by atoms with Crippen molar-refractivity contribution in [2.75, 3.05) is 5.84 Å². The second-order valence-electron chi connectivity index (χ2n) is 3.31. The first-order valence-corrected chi connectivity index (χ1v) is 4.87. The molecule has 1 rings (SSSR count). The smallest absolute Gasteiger partial charge is 0.297 e. The summed E-state index contributed by atoms with van der Waals surface area (Å²) >= 11 is 0. The number of carboxylic acids is 1. The van der Waals surface area contributed by atoms with Gasteiger partial charge in [-0.05, 0) is 13.0 Å². The van der Waals surface area contributed by atoms with Crippen molar-refractivity contribution in [3.05, 3.63) is 40.1 Å². The van der Waals surface area contributed by atoms with Crippen LogP contribution in [0.2, 0.25) is 0 Å². The number of ketones is 1. The molecule has 2 N–H and O–H groups in total. The predicted octanol–water partition coefficient (Wildman–Crippen LogP) is -3.76. The Labute approximate surface area is 106 Å². The summed E-state index contributed by atoms with van der Waals surface area (Å²) in [7, 11) is 0. The van der Waals surface area contributed by atoms with Crippen molar-refractivity contribution < 1.29 is 19.8 Å². The molecule has 0 saturated carbocycles. The van der Waals surface area contributed by atoms with Gasteiger partial charge in [-0.15, -0.1) is 10.2 Å². The van der Waals surface area contributed by atoms with Gasteiger partial charge >= 0.3 is 0 Å². The van der Waals surface area contributed by atoms with Gasteiger partial charge in [-0.25, -0.2) is 4.68 Å². The van der Waals surface area contributed by atoms with E-state index >= 15 is 0 Å². The lowest BCUT2D eigenvalue weighted by molar-refractivity contribution is -0.299. The Morgan fingerprint density at radius 2 is 1.95 bits per heavy atom. The normalized spacial score (nSPS) is 11.7. The van der Waals surface area contributed by atoms with Gasteiger partial charge in [0.2, 0.25) is 5.78 Å². The van der Waals surface area contributed by atoms with Gasteiger partial charge in [0.25, 0.3) is 5.56 Å². The Hall–Kier alpha value is -2.97. The van der Waals surface area contributed by atoms with Crippen LogP contribution in [0.15, 0.2) is 23.0 Å². The van der Waals surface area contributed by atoms with E-state index < -0.39 is 28.8 Å². The molecule has 0 atom stereocenters. The highest BCUT2D eigenvalue weighted by Crippen LogP contribution is 1.98. The number of nitrogens with zero attached hydrogens (tertiary/aromatic N) is 3. The summed E-state index contributed by atoms with van der Waals surface area (Å²) in [5.41, 5.74) is -1.40. The highest BCUT2D eigenvalue weighted by molar-refractivity contribution is 6.36. The maximum absolute atomic E-state index is 11.5. The van der Waals surface area contributed by atoms with E-state index in [1.54, 1.807) is 0 Å². The predicted molar refractivity (Wildman–Crippen MR) is 58.3 cm³/mol. The van der Waals surface area contributed by atoms with Crippen LogP contribution in [0.4, 0.5) is 0 Å². The summed E-state index contributed by atoms with van der Waals surface area (Å²) < 4.78 is 0.643. The number of carboxylic acid groups (broad SMARTS) is 1. The SMILES string of the molecule is Cc1nnc(C([O-])=CC=CC(=O)C(=O)[O-])c(=O)n1N. The van der Waals surface area contributed by atoms with Crippen LogP contribution in [-0.2, 0) is 9.59 Å². The standard InChI is InChI=1S/C10H10N4O5/c1-5-12-13-8(9(17)14(5)11)6(15)3-2-4-7(16)10(18)19/h2-4,15H,11H2,1H3,(H,18,19)/p-2. The summed E-state index contributed by atoms with van der Waals surface area (Å²) in [6.45, 7) is 1.42. The van der Waals surface area contributed by atoms with Gasteiger partial charge in [-0.2, -0.15) is 0 Å². The number of aliphatic carboxylic acids is 1. The van der Waals surface area contributed by atoms with Gasteiger partial charge in [-0.3, -0.25) is 9.59 Å².